The maximum absolute atomic E-state index is 11.9. The molecular formula is C11H21NO4S. The first-order chi connectivity index (χ1) is 7.85. The number of nitrogens with zero attached hydrogens (tertiary/aromatic N) is 1. The Balaban J connectivity index is 2.61. The first-order valence-corrected chi connectivity index (χ1v) is 7.98. The van der Waals surface area contributed by atoms with Crippen molar-refractivity contribution in [2.75, 3.05) is 25.2 Å². The Hall–Kier alpha value is -0.620. The second-order valence-electron chi connectivity index (χ2n) is 4.61. The highest BCUT2D eigenvalue weighted by Crippen LogP contribution is 2.29. The van der Waals surface area contributed by atoms with Gasteiger partial charge in [-0.05, 0) is 26.7 Å². The molecule has 1 fully saturated rings. The van der Waals surface area contributed by atoms with Gasteiger partial charge in [-0.3, -0.25) is 4.79 Å². The lowest BCUT2D eigenvalue weighted by atomic mass is 10.3. The average molecular weight is 263 g/mol. The van der Waals surface area contributed by atoms with Crippen molar-refractivity contribution in [2.24, 2.45) is 0 Å². The first kappa shape index (κ1) is 14.4. The smallest absolute Gasteiger partial charge is 0.249 e. The molecule has 0 bridgehead atoms. The number of carbonyl (C=O) groups excluding carboxylic acids is 1. The SMILES string of the molecule is CCOCC(=O)N(C(C)CS(C)(=O)=O)C1CC1. The summed E-state index contributed by atoms with van der Waals surface area (Å²) in [4.78, 5) is 13.6. The van der Waals surface area contributed by atoms with Gasteiger partial charge in [0.2, 0.25) is 5.91 Å². The molecular weight excluding hydrogens is 242 g/mol. The third-order valence-corrected chi connectivity index (χ3v) is 3.76. The Morgan fingerprint density at radius 2 is 2.06 bits per heavy atom. The fourth-order valence-corrected chi connectivity index (χ4v) is 2.98. The van der Waals surface area contributed by atoms with E-state index in [1.165, 1.54) is 6.26 Å². The van der Waals surface area contributed by atoms with Gasteiger partial charge in [0.25, 0.3) is 0 Å². The fraction of sp³-hybridized carbons (Fsp3) is 0.909. The molecule has 100 valence electrons. The predicted molar refractivity (Wildman–Crippen MR) is 65.5 cm³/mol. The Kier molecular flexibility index (Phi) is 4.94. The normalized spacial score (nSPS) is 17.8. The molecule has 0 aromatic rings. The maximum Gasteiger partial charge on any atom is 0.249 e. The van der Waals surface area contributed by atoms with Crippen molar-refractivity contribution in [1.29, 1.82) is 0 Å². The molecule has 1 unspecified atom stereocenters. The molecule has 0 aromatic heterocycles. The number of sulfone groups is 1. The van der Waals surface area contributed by atoms with E-state index < -0.39 is 9.84 Å². The number of ether oxygens (including phenoxy) is 1. The molecule has 1 rings (SSSR count). The number of rotatable bonds is 7. The summed E-state index contributed by atoms with van der Waals surface area (Å²) in [6.07, 6.45) is 3.12. The van der Waals surface area contributed by atoms with Crippen LogP contribution in [0.4, 0.5) is 0 Å². The van der Waals surface area contributed by atoms with E-state index in [0.29, 0.717) is 6.61 Å². The van der Waals surface area contributed by atoms with E-state index in [1.807, 2.05) is 6.92 Å². The molecule has 1 aliphatic rings. The van der Waals surface area contributed by atoms with Gasteiger partial charge in [-0.25, -0.2) is 8.42 Å². The molecule has 0 saturated heterocycles. The van der Waals surface area contributed by atoms with E-state index >= 15 is 0 Å². The zero-order valence-electron chi connectivity index (χ0n) is 10.7. The molecule has 0 N–H and O–H groups in total. The minimum atomic E-state index is -3.06. The summed E-state index contributed by atoms with van der Waals surface area (Å²) in [5.74, 6) is -0.0908. The molecule has 1 saturated carbocycles. The number of hydrogen-bond donors (Lipinski definition) is 0. The zero-order valence-corrected chi connectivity index (χ0v) is 11.5. The topological polar surface area (TPSA) is 63.7 Å². The number of amides is 1. The summed E-state index contributed by atoms with van der Waals surface area (Å²) in [7, 11) is -3.06. The van der Waals surface area contributed by atoms with Crippen molar-refractivity contribution in [3.05, 3.63) is 0 Å². The lowest BCUT2D eigenvalue weighted by Crippen LogP contribution is -2.45. The van der Waals surface area contributed by atoms with Crippen molar-refractivity contribution in [3.63, 3.8) is 0 Å². The second kappa shape index (κ2) is 5.82. The van der Waals surface area contributed by atoms with Crippen LogP contribution in [0.3, 0.4) is 0 Å². The van der Waals surface area contributed by atoms with Crippen LogP contribution in [0, 0.1) is 0 Å². The van der Waals surface area contributed by atoms with E-state index in [0.717, 1.165) is 12.8 Å². The fourth-order valence-electron chi connectivity index (χ4n) is 1.94. The average Bonchev–Trinajstić information content (AvgIpc) is 2.96. The van der Waals surface area contributed by atoms with Crippen molar-refractivity contribution in [1.82, 2.24) is 4.90 Å². The van der Waals surface area contributed by atoms with Crippen LogP contribution in [0.15, 0.2) is 0 Å². The van der Waals surface area contributed by atoms with Crippen LogP contribution >= 0.6 is 0 Å². The van der Waals surface area contributed by atoms with Crippen molar-refractivity contribution >= 4 is 15.7 Å². The van der Waals surface area contributed by atoms with Gasteiger partial charge in [-0.2, -0.15) is 0 Å². The summed E-state index contributed by atoms with van der Waals surface area (Å²) in [6.45, 7) is 4.14. The first-order valence-electron chi connectivity index (χ1n) is 5.91. The lowest BCUT2D eigenvalue weighted by Gasteiger charge is -2.28. The summed E-state index contributed by atoms with van der Waals surface area (Å²) >= 11 is 0. The van der Waals surface area contributed by atoms with Crippen molar-refractivity contribution in [3.8, 4) is 0 Å². The van der Waals surface area contributed by atoms with E-state index in [4.69, 9.17) is 4.74 Å². The van der Waals surface area contributed by atoms with Crippen molar-refractivity contribution in [2.45, 2.75) is 38.8 Å². The van der Waals surface area contributed by atoms with Gasteiger partial charge in [0.05, 0.1) is 5.75 Å². The molecule has 0 heterocycles. The Morgan fingerprint density at radius 3 is 2.47 bits per heavy atom. The highest BCUT2D eigenvalue weighted by atomic mass is 32.2. The molecule has 1 aliphatic carbocycles. The summed E-state index contributed by atoms with van der Waals surface area (Å²) in [5.41, 5.74) is 0. The molecule has 0 radical (unpaired) electrons. The number of hydrogen-bond acceptors (Lipinski definition) is 4. The molecule has 1 amide bonds. The van der Waals surface area contributed by atoms with E-state index in [2.05, 4.69) is 0 Å². The van der Waals surface area contributed by atoms with Crippen molar-refractivity contribution < 1.29 is 17.9 Å². The lowest BCUT2D eigenvalue weighted by molar-refractivity contribution is -0.138. The Morgan fingerprint density at radius 1 is 1.47 bits per heavy atom. The third-order valence-electron chi connectivity index (χ3n) is 2.68. The van der Waals surface area contributed by atoms with Gasteiger partial charge in [-0.15, -0.1) is 0 Å². The highest BCUT2D eigenvalue weighted by Gasteiger charge is 2.36. The van der Waals surface area contributed by atoms with Crippen LogP contribution in [-0.4, -0.2) is 56.5 Å². The van der Waals surface area contributed by atoms with Crippen LogP contribution in [0.2, 0.25) is 0 Å². The largest absolute Gasteiger partial charge is 0.372 e. The monoisotopic (exact) mass is 263 g/mol. The molecule has 0 spiro atoms. The van der Waals surface area contributed by atoms with Crippen LogP contribution in [0.5, 0.6) is 0 Å². The molecule has 17 heavy (non-hydrogen) atoms. The second-order valence-corrected chi connectivity index (χ2v) is 6.80. The molecule has 1 atom stereocenters. The predicted octanol–water partition coefficient (Wildman–Crippen LogP) is 0.447. The quantitative estimate of drug-likeness (QED) is 0.669. The minimum Gasteiger partial charge on any atom is -0.372 e. The summed E-state index contributed by atoms with van der Waals surface area (Å²) in [5, 5.41) is 0. The van der Waals surface area contributed by atoms with Crippen LogP contribution in [0.1, 0.15) is 26.7 Å². The zero-order chi connectivity index (χ0) is 13.1. The van der Waals surface area contributed by atoms with Crippen LogP contribution in [0.25, 0.3) is 0 Å². The van der Waals surface area contributed by atoms with Crippen LogP contribution in [-0.2, 0) is 19.4 Å². The maximum atomic E-state index is 11.9. The van der Waals surface area contributed by atoms with Gasteiger partial charge in [0.1, 0.15) is 16.4 Å². The van der Waals surface area contributed by atoms with Crippen LogP contribution < -0.4 is 0 Å². The molecule has 0 aromatic carbocycles. The van der Waals surface area contributed by atoms with Gasteiger partial charge in [0.15, 0.2) is 0 Å². The highest BCUT2D eigenvalue weighted by molar-refractivity contribution is 7.90. The minimum absolute atomic E-state index is 0.0152. The van der Waals surface area contributed by atoms with Gasteiger partial charge >= 0.3 is 0 Å². The summed E-state index contributed by atoms with van der Waals surface area (Å²) < 4.78 is 27.6. The van der Waals surface area contributed by atoms with Gasteiger partial charge in [-0.1, -0.05) is 0 Å². The third kappa shape index (κ3) is 5.04. The molecule has 0 aliphatic heterocycles. The summed E-state index contributed by atoms with van der Waals surface area (Å²) in [6, 6.07) is -0.0647. The number of carbonyl (C=O) groups is 1. The van der Waals surface area contributed by atoms with Gasteiger partial charge in [0, 0.05) is 24.9 Å². The van der Waals surface area contributed by atoms with E-state index in [-0.39, 0.29) is 30.4 Å². The Bertz CT molecular complexity index is 362. The van der Waals surface area contributed by atoms with E-state index in [9.17, 15) is 13.2 Å². The Labute approximate surface area is 103 Å². The molecule has 6 heteroatoms. The van der Waals surface area contributed by atoms with E-state index in [1.54, 1.807) is 11.8 Å². The van der Waals surface area contributed by atoms with Gasteiger partial charge < -0.3 is 9.64 Å². The molecule has 5 nitrogen and oxygen atoms in total. The standard InChI is InChI=1S/C11H21NO4S/c1-4-16-7-11(13)12(10-5-6-10)9(2)8-17(3,14)15/h9-10H,4-8H2,1-3H3.